The molecule has 7 rings (SSSR count). The van der Waals surface area contributed by atoms with E-state index < -0.39 is 98.2 Å². The lowest BCUT2D eigenvalue weighted by molar-refractivity contribution is -0.127. The monoisotopic (exact) mass is 650 g/mol. The van der Waals surface area contributed by atoms with E-state index in [9.17, 15) is 37.5 Å². The first kappa shape index (κ1) is 28.7. The van der Waals surface area contributed by atoms with Gasteiger partial charge < -0.3 is 5.11 Å². The van der Waals surface area contributed by atoms with Gasteiger partial charge in [0.2, 0.25) is 17.6 Å². The van der Waals surface area contributed by atoms with Gasteiger partial charge in [-0.3, -0.25) is 24.5 Å². The van der Waals surface area contributed by atoms with Crippen molar-refractivity contribution in [3.63, 3.8) is 0 Å². The van der Waals surface area contributed by atoms with Crippen molar-refractivity contribution in [2.24, 2.45) is 17.8 Å². The number of carbonyl (C=O) groups is 4. The van der Waals surface area contributed by atoms with Crippen molar-refractivity contribution in [2.75, 3.05) is 4.90 Å². The maximum absolute atomic E-state index is 15.1. The molecule has 2 aliphatic heterocycles. The highest BCUT2D eigenvalue weighted by Crippen LogP contribution is 2.66. The normalized spacial score (nSPS) is 31.2. The van der Waals surface area contributed by atoms with Crippen molar-refractivity contribution in [3.05, 3.63) is 82.7 Å². The lowest BCUT2D eigenvalue weighted by atomic mass is 9.56. The summed E-state index contributed by atoms with van der Waals surface area (Å²) in [5.41, 5.74) is -1.31. The Morgan fingerprint density at radius 3 is 2.07 bits per heavy atom. The molecule has 2 N–H and O–H groups in total. The fraction of sp³-hybridized carbons (Fsp3) is 0.267. The molecular formula is C30H17Cl2F5N2O5. The maximum Gasteiger partial charge on any atom is 0.258 e. The molecule has 0 radical (unpaired) electrons. The van der Waals surface area contributed by atoms with E-state index in [1.165, 1.54) is 12.1 Å². The van der Waals surface area contributed by atoms with Crippen molar-refractivity contribution < 1.29 is 46.2 Å². The number of hydrogen-bond acceptors (Lipinski definition) is 5. The number of anilines is 1. The standard InChI is InChI=1S/C30H17Cl2F5N2O5/c31-29-9-15-13(5-6-14-17(15)26(42)38-25(14)41)18(12-7-8-16(40)11-4-2-1-3-10(11)12)30(29,32)28(44)39(27(29)43)24-22(36)20(34)19(33)21(35)23(24)37/h1-5,7-8,14-15,17-18,40H,6,9H2,(H,38,41,42)/t14-,15+,17-,18-,29+,30-/m0/s1. The van der Waals surface area contributed by atoms with E-state index in [2.05, 4.69) is 5.32 Å². The first-order valence-corrected chi connectivity index (χ1v) is 14.0. The smallest absolute Gasteiger partial charge is 0.258 e. The Hall–Kier alpha value is -4.03. The molecule has 226 valence electrons. The lowest BCUT2D eigenvalue weighted by Gasteiger charge is -2.51. The zero-order valence-corrected chi connectivity index (χ0v) is 23.5. The highest BCUT2D eigenvalue weighted by Gasteiger charge is 2.77. The molecule has 0 spiro atoms. The van der Waals surface area contributed by atoms with Gasteiger partial charge in [0.05, 0.1) is 11.8 Å². The van der Waals surface area contributed by atoms with E-state index in [0.29, 0.717) is 16.3 Å². The molecule has 3 aromatic rings. The summed E-state index contributed by atoms with van der Waals surface area (Å²) in [4.78, 5) is 48.5. The average molecular weight is 651 g/mol. The van der Waals surface area contributed by atoms with Crippen molar-refractivity contribution >= 4 is 63.3 Å². The molecule has 1 saturated carbocycles. The van der Waals surface area contributed by atoms with Gasteiger partial charge in [-0.05, 0) is 35.8 Å². The number of rotatable bonds is 2. The number of hydrogen-bond donors (Lipinski definition) is 2. The molecule has 2 saturated heterocycles. The van der Waals surface area contributed by atoms with E-state index in [4.69, 9.17) is 23.2 Å². The summed E-state index contributed by atoms with van der Waals surface area (Å²) < 4.78 is 72.7. The number of nitrogens with one attached hydrogen (secondary N) is 1. The first-order chi connectivity index (χ1) is 20.8. The third-order valence-corrected chi connectivity index (χ3v) is 10.7. The summed E-state index contributed by atoms with van der Waals surface area (Å²) in [7, 11) is 0. The number of alkyl halides is 2. The van der Waals surface area contributed by atoms with Crippen LogP contribution in [0.1, 0.15) is 24.3 Å². The number of carbonyl (C=O) groups excluding carboxylic acids is 4. The Morgan fingerprint density at radius 1 is 0.795 bits per heavy atom. The second-order valence-corrected chi connectivity index (χ2v) is 12.5. The molecule has 2 heterocycles. The van der Waals surface area contributed by atoms with E-state index in [1.54, 1.807) is 30.3 Å². The quantitative estimate of drug-likeness (QED) is 0.100. The number of phenolic OH excluding ortho intramolecular Hbond substituents is 1. The highest BCUT2D eigenvalue weighted by molar-refractivity contribution is 6.58. The number of aromatic hydroxyl groups is 1. The van der Waals surface area contributed by atoms with Crippen molar-refractivity contribution in [2.45, 2.75) is 28.5 Å². The SMILES string of the molecule is O=C1NC(=O)[C@H]2CC=C3[C@@H](C[C@@]4(Cl)C(=O)N(c5c(F)c(F)c(F)c(F)c5F)C(=O)[C@@]4(Cl)[C@H]3c3ccc(O)c4ccccc34)[C@@H]12. The zero-order valence-electron chi connectivity index (χ0n) is 21.9. The van der Waals surface area contributed by atoms with Crippen LogP contribution < -0.4 is 10.2 Å². The average Bonchev–Trinajstić information content (AvgIpc) is 3.37. The van der Waals surface area contributed by atoms with Crippen LogP contribution in [-0.4, -0.2) is 38.5 Å². The molecule has 3 fully saturated rings. The predicted molar refractivity (Wildman–Crippen MR) is 145 cm³/mol. The molecule has 44 heavy (non-hydrogen) atoms. The molecule has 0 aromatic heterocycles. The Balaban J connectivity index is 1.53. The number of imide groups is 2. The van der Waals surface area contributed by atoms with E-state index in [-0.39, 0.29) is 22.6 Å². The molecule has 3 aromatic carbocycles. The third kappa shape index (κ3) is 3.32. The fourth-order valence-electron chi connectivity index (χ4n) is 7.38. The van der Waals surface area contributed by atoms with Gasteiger partial charge in [0.25, 0.3) is 11.8 Å². The summed E-state index contributed by atoms with van der Waals surface area (Å²) in [6, 6.07) is 9.05. The maximum atomic E-state index is 15.1. The van der Waals surface area contributed by atoms with Gasteiger partial charge in [0.1, 0.15) is 11.4 Å². The number of fused-ring (bicyclic) bond motifs is 5. The van der Waals surface area contributed by atoms with Crippen LogP contribution in [-0.2, 0) is 19.2 Å². The Bertz CT molecular complexity index is 1910. The van der Waals surface area contributed by atoms with Crippen LogP contribution in [0.2, 0.25) is 0 Å². The van der Waals surface area contributed by atoms with E-state index >= 15 is 8.78 Å². The molecular weight excluding hydrogens is 634 g/mol. The van der Waals surface area contributed by atoms with Gasteiger partial charge in [0, 0.05) is 11.3 Å². The predicted octanol–water partition coefficient (Wildman–Crippen LogP) is 5.09. The Labute approximate surface area is 254 Å². The van der Waals surface area contributed by atoms with Crippen LogP contribution in [0.15, 0.2) is 48.0 Å². The molecule has 0 unspecified atom stereocenters. The Kier molecular flexibility index (Phi) is 6.03. The van der Waals surface area contributed by atoms with E-state index in [0.717, 1.165) is 0 Å². The number of amides is 4. The van der Waals surface area contributed by atoms with Gasteiger partial charge in [-0.25, -0.2) is 26.9 Å². The lowest BCUT2D eigenvalue weighted by Crippen LogP contribution is -2.60. The molecule has 4 aliphatic rings. The number of benzene rings is 3. The topological polar surface area (TPSA) is 104 Å². The van der Waals surface area contributed by atoms with Gasteiger partial charge in [-0.1, -0.05) is 42.0 Å². The molecule has 4 amide bonds. The Morgan fingerprint density at radius 2 is 1.41 bits per heavy atom. The first-order valence-electron chi connectivity index (χ1n) is 13.3. The molecule has 0 bridgehead atoms. The summed E-state index contributed by atoms with van der Waals surface area (Å²) in [5, 5.41) is 13.4. The second-order valence-electron chi connectivity index (χ2n) is 11.3. The van der Waals surface area contributed by atoms with Gasteiger partial charge in [-0.2, -0.15) is 0 Å². The molecule has 2 aliphatic carbocycles. The summed E-state index contributed by atoms with van der Waals surface area (Å²) in [6.45, 7) is 0. The summed E-state index contributed by atoms with van der Waals surface area (Å²) in [5.74, 6) is -21.1. The molecule has 7 nitrogen and oxygen atoms in total. The van der Waals surface area contributed by atoms with Crippen LogP contribution in [0.3, 0.4) is 0 Å². The van der Waals surface area contributed by atoms with Gasteiger partial charge in [-0.15, -0.1) is 23.2 Å². The molecule has 14 heteroatoms. The van der Waals surface area contributed by atoms with Crippen LogP contribution >= 0.6 is 23.2 Å². The third-order valence-electron chi connectivity index (χ3n) is 9.31. The summed E-state index contributed by atoms with van der Waals surface area (Å²) in [6.07, 6.45) is 1.04. The number of nitrogens with zero attached hydrogens (tertiary/aromatic N) is 1. The van der Waals surface area contributed by atoms with E-state index in [1.807, 2.05) is 0 Å². The minimum atomic E-state index is -2.64. The van der Waals surface area contributed by atoms with Crippen molar-refractivity contribution in [1.29, 1.82) is 0 Å². The van der Waals surface area contributed by atoms with Crippen LogP contribution in [0, 0.1) is 46.8 Å². The summed E-state index contributed by atoms with van der Waals surface area (Å²) >= 11 is 14.2. The van der Waals surface area contributed by atoms with Gasteiger partial charge in [0.15, 0.2) is 33.0 Å². The number of phenols is 1. The van der Waals surface area contributed by atoms with Crippen LogP contribution in [0.5, 0.6) is 5.75 Å². The van der Waals surface area contributed by atoms with Gasteiger partial charge >= 0.3 is 0 Å². The molecule has 6 atom stereocenters. The van der Waals surface area contributed by atoms with Crippen LogP contribution in [0.4, 0.5) is 27.6 Å². The number of allylic oxidation sites excluding steroid dienone is 2. The highest BCUT2D eigenvalue weighted by atomic mass is 35.5. The van der Waals surface area contributed by atoms with Crippen molar-refractivity contribution in [1.82, 2.24) is 5.32 Å². The second kappa shape index (κ2) is 9.24. The van der Waals surface area contributed by atoms with Crippen LogP contribution in [0.25, 0.3) is 10.8 Å². The fourth-order valence-corrected chi connectivity index (χ4v) is 8.31. The number of halogens is 7. The zero-order chi connectivity index (χ0) is 31.6. The largest absolute Gasteiger partial charge is 0.507 e. The minimum Gasteiger partial charge on any atom is -0.507 e. The van der Waals surface area contributed by atoms with Crippen molar-refractivity contribution in [3.8, 4) is 5.75 Å². The minimum absolute atomic E-state index is 0.0341.